The number of nitrogens with one attached hydrogen (secondary N) is 5. The summed E-state index contributed by atoms with van der Waals surface area (Å²) in [6, 6.07) is 25.8. The molecule has 0 radical (unpaired) electrons. The van der Waals surface area contributed by atoms with Gasteiger partial charge in [-0.25, -0.2) is 0 Å². The number of carbonyl (C=O) groups excluding carboxylic acids is 7. The molecule has 74 heavy (non-hydrogen) atoms. The van der Waals surface area contributed by atoms with Gasteiger partial charge < -0.3 is 36.4 Å². The van der Waals surface area contributed by atoms with Crippen molar-refractivity contribution in [3.8, 4) is 11.5 Å². The van der Waals surface area contributed by atoms with Crippen molar-refractivity contribution in [3.63, 3.8) is 0 Å². The van der Waals surface area contributed by atoms with E-state index in [0.717, 1.165) is 17.2 Å². The summed E-state index contributed by atoms with van der Waals surface area (Å²) in [6.07, 6.45) is -0.234. The molecule has 5 aromatic carbocycles. The number of nitrogens with zero attached hydrogens (tertiary/aromatic N) is 2. The molecule has 5 aromatic rings. The lowest BCUT2D eigenvalue weighted by Crippen LogP contribution is -2.45. The van der Waals surface area contributed by atoms with Crippen LogP contribution in [0.1, 0.15) is 62.5 Å². The van der Waals surface area contributed by atoms with E-state index in [2.05, 4.69) is 51.4 Å². The first kappa shape index (κ1) is 58.8. The zero-order valence-corrected chi connectivity index (χ0v) is 44.4. The quantitative estimate of drug-likeness (QED) is 0.0374. The molecule has 1 aliphatic heterocycles. The molecule has 0 fully saturated rings. The Morgan fingerprint density at radius 1 is 0.730 bits per heavy atom. The molecule has 20 heteroatoms. The van der Waals surface area contributed by atoms with Crippen molar-refractivity contribution < 1.29 is 43.4 Å². The molecule has 386 valence electrons. The second-order valence-corrected chi connectivity index (χ2v) is 19.1. The fourth-order valence-electron chi connectivity index (χ4n) is 6.21. The van der Waals surface area contributed by atoms with E-state index in [9.17, 15) is 38.7 Å². The van der Waals surface area contributed by atoms with Gasteiger partial charge in [0.2, 0.25) is 12.0 Å². The largest absolute Gasteiger partial charge is 0.506 e. The molecule has 0 aliphatic carbocycles. The maximum absolute atomic E-state index is 12.9. The van der Waals surface area contributed by atoms with Gasteiger partial charge in [0.15, 0.2) is 5.78 Å². The summed E-state index contributed by atoms with van der Waals surface area (Å²) < 4.78 is 5.72. The third kappa shape index (κ3) is 16.9. The zero-order valence-electron chi connectivity index (χ0n) is 41.3. The van der Waals surface area contributed by atoms with Gasteiger partial charge in [-0.05, 0) is 112 Å². The van der Waals surface area contributed by atoms with E-state index in [1.807, 2.05) is 19.9 Å². The standard InChI is InChI=1S/C22H22Cl2N2O4.C17H15ClN2O3.C15H16ClN3O2/c1-5-18(27)25-14-7-9-15(10-8-14)30-19(20(28)22(2,3)4)21(29)26-17-11-6-13(23)12-16(17)24;1-10(2)16(22)19-13-9-15(21)14(8-12(13)18)20-17(23)11-6-4-3-5-7-11;1-8(2)15(21)17-12-7-13(20)19(18-12)14-10(4)5-9(3)6-11(14)16/h5-12,19H,1H2,2-4H3,(H,25,27)(H,26,29);3-9,21H,1H2,2H3,(H,19,22)(H,20,23);5-6H,1,7H2,2-4H3,(H,17,18,21). The van der Waals surface area contributed by atoms with Gasteiger partial charge in [0, 0.05) is 38.9 Å². The first-order valence-electron chi connectivity index (χ1n) is 22.2. The molecular formula is C54H53Cl4N7O9. The fraction of sp³-hybridized carbons (Fsp3) is 0.185. The van der Waals surface area contributed by atoms with Crippen LogP contribution in [0.25, 0.3) is 0 Å². The number of amides is 6. The smallest absolute Gasteiger partial charge is 0.273 e. The minimum Gasteiger partial charge on any atom is -0.506 e. The predicted molar refractivity (Wildman–Crippen MR) is 294 cm³/mol. The topological polar surface area (TPSA) is 225 Å². The van der Waals surface area contributed by atoms with Gasteiger partial charge in [-0.1, -0.05) is 111 Å². The number of ether oxygens (including phenoxy) is 1. The van der Waals surface area contributed by atoms with Gasteiger partial charge in [0.25, 0.3) is 29.5 Å². The second-order valence-electron chi connectivity index (χ2n) is 17.4. The summed E-state index contributed by atoms with van der Waals surface area (Å²) in [5.74, 6) is -2.44. The van der Waals surface area contributed by atoms with E-state index in [-0.39, 0.29) is 63.0 Å². The third-order valence-corrected chi connectivity index (χ3v) is 11.2. The second kappa shape index (κ2) is 26.3. The molecule has 16 nitrogen and oxygen atoms in total. The monoisotopic (exact) mass is 1080 g/mol. The van der Waals surface area contributed by atoms with Crippen molar-refractivity contribution >= 4 is 122 Å². The van der Waals surface area contributed by atoms with Gasteiger partial charge in [-0.2, -0.15) is 10.1 Å². The number of ketones is 1. The number of phenols is 1. The molecule has 6 amide bonds. The number of amidine groups is 1. The van der Waals surface area contributed by atoms with Crippen LogP contribution in [0, 0.1) is 19.3 Å². The summed E-state index contributed by atoms with van der Waals surface area (Å²) in [6.45, 7) is 22.5. The van der Waals surface area contributed by atoms with E-state index in [1.54, 1.807) is 101 Å². The maximum Gasteiger partial charge on any atom is 0.273 e. The highest BCUT2D eigenvalue weighted by atomic mass is 35.5. The number of hydrogen-bond donors (Lipinski definition) is 6. The number of halogens is 4. The lowest BCUT2D eigenvalue weighted by atomic mass is 9.87. The van der Waals surface area contributed by atoms with Gasteiger partial charge in [-0.3, -0.25) is 33.6 Å². The first-order valence-corrected chi connectivity index (χ1v) is 23.7. The van der Waals surface area contributed by atoms with E-state index in [4.69, 9.17) is 51.1 Å². The van der Waals surface area contributed by atoms with E-state index < -0.39 is 29.1 Å². The van der Waals surface area contributed by atoms with Crippen LogP contribution in [0.3, 0.4) is 0 Å². The van der Waals surface area contributed by atoms with Crippen LogP contribution < -0.4 is 36.3 Å². The molecule has 1 aliphatic rings. The normalized spacial score (nSPS) is 12.0. The van der Waals surface area contributed by atoms with E-state index in [1.165, 1.54) is 29.3 Å². The van der Waals surface area contributed by atoms with Crippen molar-refractivity contribution in [2.45, 2.75) is 61.0 Å². The van der Waals surface area contributed by atoms with Gasteiger partial charge in [0.05, 0.1) is 44.2 Å². The molecule has 0 saturated carbocycles. The van der Waals surface area contributed by atoms with Gasteiger partial charge in [-0.15, -0.1) is 0 Å². The molecule has 6 rings (SSSR count). The zero-order chi connectivity index (χ0) is 55.2. The molecule has 0 bridgehead atoms. The number of aromatic hydroxyl groups is 1. The summed E-state index contributed by atoms with van der Waals surface area (Å²) in [5.41, 5.74) is 3.89. The summed E-state index contributed by atoms with van der Waals surface area (Å²) in [4.78, 5) is 84.5. The van der Waals surface area contributed by atoms with Crippen LogP contribution in [-0.4, -0.2) is 58.3 Å². The molecule has 0 aromatic heterocycles. The van der Waals surface area contributed by atoms with E-state index in [0.29, 0.717) is 49.7 Å². The highest BCUT2D eigenvalue weighted by Crippen LogP contribution is 2.35. The predicted octanol–water partition coefficient (Wildman–Crippen LogP) is 11.6. The van der Waals surface area contributed by atoms with Crippen LogP contribution in [0.15, 0.2) is 139 Å². The fourth-order valence-corrected chi connectivity index (χ4v) is 7.28. The van der Waals surface area contributed by atoms with Crippen LogP contribution in [0.5, 0.6) is 11.5 Å². The number of anilines is 5. The summed E-state index contributed by atoms with van der Waals surface area (Å²) in [5, 5.41) is 29.6. The number of hydrogen-bond acceptors (Lipinski definition) is 10. The highest BCUT2D eigenvalue weighted by molar-refractivity contribution is 6.37. The Balaban J connectivity index is 0.000000245. The molecular weight excluding hydrogens is 1030 g/mol. The molecule has 0 saturated heterocycles. The van der Waals surface area contributed by atoms with Gasteiger partial charge in [0.1, 0.15) is 17.3 Å². The Labute approximate surface area is 448 Å². The van der Waals surface area contributed by atoms with Gasteiger partial charge >= 0.3 is 0 Å². The lowest BCUT2D eigenvalue weighted by Gasteiger charge is -2.25. The van der Waals surface area contributed by atoms with Crippen molar-refractivity contribution in [2.24, 2.45) is 10.5 Å². The average Bonchev–Trinajstić information content (AvgIpc) is 3.68. The maximum atomic E-state index is 12.9. The number of hydrazone groups is 1. The molecule has 1 atom stereocenters. The SMILES string of the molecule is C=C(C)C(=O)NC1=NN(c2c(C)cc(C)cc2Cl)C(=O)C1.C=C(C)C(=O)Nc1cc(O)c(NC(=O)c2ccccc2)cc1Cl.C=CC(=O)Nc1ccc(OC(C(=O)Nc2ccc(Cl)cc2Cl)C(=O)C(C)(C)C)cc1. The summed E-state index contributed by atoms with van der Waals surface area (Å²) in [7, 11) is 0. The molecule has 1 unspecified atom stereocenters. The Hall–Kier alpha value is -7.76. The number of phenolic OH excluding ortho intramolecular Hbond substituents is 1. The average molecular weight is 1090 g/mol. The minimum atomic E-state index is -1.41. The molecule has 1 heterocycles. The van der Waals surface area contributed by atoms with Crippen molar-refractivity contribution in [1.29, 1.82) is 0 Å². The van der Waals surface area contributed by atoms with Crippen LogP contribution >= 0.6 is 46.4 Å². The Morgan fingerprint density at radius 2 is 1.34 bits per heavy atom. The number of Topliss-reactive ketones (excluding diaryl/α,β-unsaturated/α-hetero) is 1. The number of rotatable bonds is 13. The van der Waals surface area contributed by atoms with Crippen LogP contribution in [0.2, 0.25) is 20.1 Å². The lowest BCUT2D eigenvalue weighted by molar-refractivity contribution is -0.140. The Kier molecular flexibility index (Phi) is 20.9. The Morgan fingerprint density at radius 3 is 1.91 bits per heavy atom. The minimum absolute atomic E-state index is 0.0304. The van der Waals surface area contributed by atoms with Crippen molar-refractivity contribution in [3.05, 3.63) is 171 Å². The van der Waals surface area contributed by atoms with E-state index >= 15 is 0 Å². The molecule has 6 N–H and O–H groups in total. The van der Waals surface area contributed by atoms with Crippen LogP contribution in [0.4, 0.5) is 28.4 Å². The summed E-state index contributed by atoms with van der Waals surface area (Å²) >= 11 is 24.3. The van der Waals surface area contributed by atoms with Crippen LogP contribution in [-0.2, 0) is 28.8 Å². The van der Waals surface area contributed by atoms with Crippen molar-refractivity contribution in [2.75, 3.05) is 26.3 Å². The molecule has 0 spiro atoms. The number of aryl methyl sites for hydroxylation is 2. The first-order chi connectivity index (χ1) is 34.7. The third-order valence-electron chi connectivity index (χ3n) is 10.0. The number of benzene rings is 5. The highest BCUT2D eigenvalue weighted by Gasteiger charge is 2.37. The number of carbonyl (C=O) groups is 7. The Bertz CT molecular complexity index is 3040. The van der Waals surface area contributed by atoms with Crippen molar-refractivity contribution in [1.82, 2.24) is 5.32 Å².